The van der Waals surface area contributed by atoms with Crippen molar-refractivity contribution >= 4 is 40.0 Å². The molecule has 1 aliphatic rings. The average molecular weight is 496 g/mol. The first-order valence-corrected chi connectivity index (χ1v) is 12.9. The van der Waals surface area contributed by atoms with Crippen LogP contribution in [0.4, 0.5) is 5.69 Å². The van der Waals surface area contributed by atoms with Crippen LogP contribution in [0.1, 0.15) is 23.6 Å². The van der Waals surface area contributed by atoms with Gasteiger partial charge in [0.2, 0.25) is 11.7 Å². The molecule has 0 bridgehead atoms. The van der Waals surface area contributed by atoms with Gasteiger partial charge in [-0.25, -0.2) is 4.57 Å². The van der Waals surface area contributed by atoms with Crippen LogP contribution in [0.5, 0.6) is 0 Å². The second kappa shape index (κ2) is 8.64. The van der Waals surface area contributed by atoms with E-state index >= 15 is 0 Å². The Morgan fingerprint density at radius 3 is 2.50 bits per heavy atom. The number of thioether (sulfide) groups is 1. The van der Waals surface area contributed by atoms with Gasteiger partial charge in [-0.15, -0.1) is 10.2 Å². The molecule has 1 aliphatic heterocycles. The number of rotatable bonds is 4. The van der Waals surface area contributed by atoms with Crippen molar-refractivity contribution in [1.29, 1.82) is 0 Å². The maximum Gasteiger partial charge on any atom is 0.267 e. The van der Waals surface area contributed by atoms with Crippen LogP contribution >= 0.6 is 11.8 Å². The number of aryl methyl sites for hydroxylation is 2. The van der Waals surface area contributed by atoms with Crippen LogP contribution in [0.3, 0.4) is 0 Å². The molecule has 1 atom stereocenters. The van der Waals surface area contributed by atoms with Gasteiger partial charge in [0.05, 0.1) is 22.3 Å². The Hall–Kier alpha value is -3.91. The SMILES string of the molecule is Cc1cccc(C)c1-n1c(=O)c2ccccc2n2c(SCC(=O)N3c4ccccc4CC3C)nnc12. The standard InChI is InChI=1S/C28H25N5O2S/c1-17-9-8-10-18(2)25(17)33-26(35)21-12-5-7-14-23(21)32-27(33)29-30-28(32)36-16-24(34)31-19(3)15-20-11-4-6-13-22(20)31/h4-14,19H,15-16H2,1-3H3. The number of hydrogen-bond acceptors (Lipinski definition) is 5. The first-order valence-electron chi connectivity index (χ1n) is 11.9. The summed E-state index contributed by atoms with van der Waals surface area (Å²) in [5, 5.41) is 10.0. The number of nitrogens with zero attached hydrogens (tertiary/aromatic N) is 5. The molecule has 3 heterocycles. The molecule has 0 fully saturated rings. The van der Waals surface area contributed by atoms with Gasteiger partial charge >= 0.3 is 0 Å². The van der Waals surface area contributed by atoms with Crippen molar-refractivity contribution < 1.29 is 4.79 Å². The number of fused-ring (bicyclic) bond motifs is 4. The molecule has 8 heteroatoms. The second-order valence-electron chi connectivity index (χ2n) is 9.25. The summed E-state index contributed by atoms with van der Waals surface area (Å²) >= 11 is 1.34. The van der Waals surface area contributed by atoms with Crippen LogP contribution in [0, 0.1) is 13.8 Å². The van der Waals surface area contributed by atoms with E-state index in [9.17, 15) is 9.59 Å². The van der Waals surface area contributed by atoms with E-state index in [0.717, 1.165) is 34.4 Å². The fourth-order valence-corrected chi connectivity index (χ4v) is 6.07. The van der Waals surface area contributed by atoms with E-state index in [-0.39, 0.29) is 23.3 Å². The normalized spacial score (nSPS) is 15.1. The van der Waals surface area contributed by atoms with E-state index in [1.807, 2.05) is 83.8 Å². The summed E-state index contributed by atoms with van der Waals surface area (Å²) < 4.78 is 3.53. The Balaban J connectivity index is 1.45. The monoisotopic (exact) mass is 495 g/mol. The van der Waals surface area contributed by atoms with Crippen LogP contribution < -0.4 is 10.5 Å². The van der Waals surface area contributed by atoms with Gasteiger partial charge < -0.3 is 4.90 Å². The lowest BCUT2D eigenvalue weighted by Crippen LogP contribution is -2.37. The molecular formula is C28H25N5O2S. The van der Waals surface area contributed by atoms with Crippen molar-refractivity contribution in [3.8, 4) is 5.69 Å². The van der Waals surface area contributed by atoms with Crippen molar-refractivity contribution in [3.63, 3.8) is 0 Å². The van der Waals surface area contributed by atoms with Gasteiger partial charge in [-0.3, -0.25) is 14.0 Å². The van der Waals surface area contributed by atoms with Crippen molar-refractivity contribution in [1.82, 2.24) is 19.2 Å². The van der Waals surface area contributed by atoms with Crippen LogP contribution in [0.2, 0.25) is 0 Å². The molecule has 0 N–H and O–H groups in total. The molecular weight excluding hydrogens is 470 g/mol. The Morgan fingerprint density at radius 1 is 0.972 bits per heavy atom. The molecule has 0 saturated heterocycles. The lowest BCUT2D eigenvalue weighted by Gasteiger charge is -2.22. The maximum absolute atomic E-state index is 13.7. The van der Waals surface area contributed by atoms with Gasteiger partial charge in [0.15, 0.2) is 5.16 Å². The lowest BCUT2D eigenvalue weighted by atomic mass is 10.1. The third-order valence-electron chi connectivity index (χ3n) is 6.86. The van der Waals surface area contributed by atoms with Crippen molar-refractivity contribution in [2.45, 2.75) is 38.4 Å². The Bertz CT molecular complexity index is 1700. The fourth-order valence-electron chi connectivity index (χ4n) is 5.27. The summed E-state index contributed by atoms with van der Waals surface area (Å²) in [5.41, 5.74) is 5.52. The summed E-state index contributed by atoms with van der Waals surface area (Å²) in [6.45, 7) is 6.05. The molecule has 1 amide bonds. The molecule has 3 aromatic carbocycles. The molecule has 0 radical (unpaired) electrons. The molecule has 0 saturated carbocycles. The topological polar surface area (TPSA) is 72.5 Å². The zero-order chi connectivity index (χ0) is 25.0. The zero-order valence-corrected chi connectivity index (χ0v) is 21.1. The molecule has 1 unspecified atom stereocenters. The third-order valence-corrected chi connectivity index (χ3v) is 7.77. The third kappa shape index (κ3) is 3.44. The fraction of sp³-hybridized carbons (Fsp3) is 0.214. The highest BCUT2D eigenvalue weighted by Gasteiger charge is 2.31. The highest BCUT2D eigenvalue weighted by Crippen LogP contribution is 2.33. The van der Waals surface area contributed by atoms with E-state index in [1.165, 1.54) is 17.3 Å². The van der Waals surface area contributed by atoms with E-state index in [0.29, 0.717) is 16.3 Å². The van der Waals surface area contributed by atoms with Gasteiger partial charge in [0, 0.05) is 11.7 Å². The Kier molecular flexibility index (Phi) is 5.41. The quantitative estimate of drug-likeness (QED) is 0.338. The van der Waals surface area contributed by atoms with Crippen LogP contribution in [-0.4, -0.2) is 36.9 Å². The van der Waals surface area contributed by atoms with Gasteiger partial charge in [0.25, 0.3) is 5.56 Å². The number of benzene rings is 3. The number of aromatic nitrogens is 4. The van der Waals surface area contributed by atoms with Gasteiger partial charge in [-0.2, -0.15) is 0 Å². The maximum atomic E-state index is 13.7. The number of para-hydroxylation sites is 3. The van der Waals surface area contributed by atoms with E-state index < -0.39 is 0 Å². The van der Waals surface area contributed by atoms with Crippen LogP contribution in [0.25, 0.3) is 22.4 Å². The lowest BCUT2D eigenvalue weighted by molar-refractivity contribution is -0.116. The largest absolute Gasteiger partial charge is 0.308 e. The first-order chi connectivity index (χ1) is 17.5. The van der Waals surface area contributed by atoms with Gasteiger partial charge in [0.1, 0.15) is 0 Å². The minimum absolute atomic E-state index is 0.0292. The zero-order valence-electron chi connectivity index (χ0n) is 20.3. The van der Waals surface area contributed by atoms with E-state index in [2.05, 4.69) is 23.2 Å². The summed E-state index contributed by atoms with van der Waals surface area (Å²) in [6, 6.07) is 21.6. The van der Waals surface area contributed by atoms with Gasteiger partial charge in [-0.05, 0) is 62.1 Å². The van der Waals surface area contributed by atoms with Crippen LogP contribution in [0.15, 0.2) is 76.7 Å². The highest BCUT2D eigenvalue weighted by atomic mass is 32.2. The molecule has 0 aliphatic carbocycles. The predicted octanol–water partition coefficient (Wildman–Crippen LogP) is 4.72. The summed E-state index contributed by atoms with van der Waals surface area (Å²) in [4.78, 5) is 28.9. The number of carbonyl (C=O) groups is 1. The summed E-state index contributed by atoms with van der Waals surface area (Å²) in [6.07, 6.45) is 0.854. The molecule has 0 spiro atoms. The number of anilines is 1. The smallest absolute Gasteiger partial charge is 0.267 e. The van der Waals surface area contributed by atoms with E-state index in [4.69, 9.17) is 0 Å². The average Bonchev–Trinajstić information content (AvgIpc) is 3.44. The molecule has 2 aromatic heterocycles. The van der Waals surface area contributed by atoms with Crippen molar-refractivity contribution in [2.75, 3.05) is 10.7 Å². The van der Waals surface area contributed by atoms with Gasteiger partial charge in [-0.1, -0.05) is 60.3 Å². The molecule has 6 rings (SSSR count). The number of hydrogen-bond donors (Lipinski definition) is 0. The minimum atomic E-state index is -0.141. The highest BCUT2D eigenvalue weighted by molar-refractivity contribution is 7.99. The molecule has 7 nitrogen and oxygen atoms in total. The Labute approximate surface area is 212 Å². The van der Waals surface area contributed by atoms with Crippen LogP contribution in [-0.2, 0) is 11.2 Å². The second-order valence-corrected chi connectivity index (χ2v) is 10.2. The first kappa shape index (κ1) is 22.5. The van der Waals surface area contributed by atoms with Crippen molar-refractivity contribution in [3.05, 3.63) is 93.8 Å². The predicted molar refractivity (Wildman–Crippen MR) is 143 cm³/mol. The molecule has 180 valence electrons. The molecule has 5 aromatic rings. The van der Waals surface area contributed by atoms with Crippen molar-refractivity contribution in [2.24, 2.45) is 0 Å². The number of carbonyl (C=O) groups excluding carboxylic acids is 1. The molecule has 36 heavy (non-hydrogen) atoms. The number of amides is 1. The summed E-state index contributed by atoms with van der Waals surface area (Å²) in [5.74, 6) is 0.684. The minimum Gasteiger partial charge on any atom is -0.308 e. The van der Waals surface area contributed by atoms with E-state index in [1.54, 1.807) is 4.57 Å². The summed E-state index contributed by atoms with van der Waals surface area (Å²) in [7, 11) is 0. The Morgan fingerprint density at radius 2 is 1.69 bits per heavy atom.